The maximum atomic E-state index is 4.25. The number of rotatable bonds is 0. The van der Waals surface area contributed by atoms with E-state index in [1.165, 1.54) is 27.7 Å². The summed E-state index contributed by atoms with van der Waals surface area (Å²) in [5, 5.41) is 1.39. The van der Waals surface area contributed by atoms with Crippen LogP contribution < -0.4 is 0 Å². The summed E-state index contributed by atoms with van der Waals surface area (Å²) in [4.78, 5) is 10.1. The summed E-state index contributed by atoms with van der Waals surface area (Å²) in [7, 11) is 2.18. The van der Waals surface area contributed by atoms with Crippen molar-refractivity contribution in [3.63, 3.8) is 0 Å². The van der Waals surface area contributed by atoms with Gasteiger partial charge in [0.05, 0.1) is 11.7 Å². The third kappa shape index (κ3) is 1.28. The van der Waals surface area contributed by atoms with Gasteiger partial charge in [-0.25, -0.2) is 0 Å². The number of hydrogen-bond donors (Lipinski definition) is 1. The Balaban J connectivity index is 2.26. The molecule has 3 nitrogen and oxygen atoms in total. The number of aromatic amines is 1. The van der Waals surface area contributed by atoms with Gasteiger partial charge in [0.1, 0.15) is 0 Å². The van der Waals surface area contributed by atoms with E-state index in [-0.39, 0.29) is 0 Å². The van der Waals surface area contributed by atoms with E-state index in [2.05, 4.69) is 35.8 Å². The van der Waals surface area contributed by atoms with Gasteiger partial charge in [-0.3, -0.25) is 9.88 Å². The van der Waals surface area contributed by atoms with Crippen molar-refractivity contribution in [3.8, 4) is 0 Å². The normalized spacial score (nSPS) is 21.3. The molecular formula is C13H17N3. The number of aromatic nitrogens is 2. The molecule has 0 saturated carbocycles. The smallest absolute Gasteiger partial charge is 0.0648 e. The Hall–Kier alpha value is -1.35. The van der Waals surface area contributed by atoms with E-state index in [9.17, 15) is 0 Å². The summed E-state index contributed by atoms with van der Waals surface area (Å²) in [6, 6.07) is 0.624. The lowest BCUT2D eigenvalue weighted by Crippen LogP contribution is -2.34. The molecule has 16 heavy (non-hydrogen) atoms. The highest BCUT2D eigenvalue weighted by atomic mass is 15.1. The van der Waals surface area contributed by atoms with Crippen LogP contribution in [0.4, 0.5) is 0 Å². The number of fused-ring (bicyclic) bond motifs is 3. The molecule has 84 valence electrons. The molecule has 0 aromatic carbocycles. The van der Waals surface area contributed by atoms with E-state index in [0.29, 0.717) is 6.04 Å². The third-order valence-corrected chi connectivity index (χ3v) is 3.75. The standard InChI is InChI=1S/C13H17N3/c1-8-5-14-6-11-13(8)10-4-9(2)16(3)7-12(10)15-11/h5-6,9,15H,4,7H2,1-3H3/t9-/m1/s1. The topological polar surface area (TPSA) is 31.9 Å². The molecule has 3 rings (SSSR count). The number of H-pyrrole nitrogens is 1. The quantitative estimate of drug-likeness (QED) is 0.731. The first kappa shape index (κ1) is 9.85. The molecule has 2 aromatic heterocycles. The minimum Gasteiger partial charge on any atom is -0.356 e. The van der Waals surface area contributed by atoms with Gasteiger partial charge in [0.2, 0.25) is 0 Å². The molecule has 1 aliphatic heterocycles. The van der Waals surface area contributed by atoms with Crippen LogP contribution in [0.5, 0.6) is 0 Å². The summed E-state index contributed by atoms with van der Waals surface area (Å²) in [5.74, 6) is 0. The second-order valence-electron chi connectivity index (χ2n) is 4.93. The molecule has 0 aliphatic carbocycles. The second-order valence-corrected chi connectivity index (χ2v) is 4.93. The van der Waals surface area contributed by atoms with E-state index in [4.69, 9.17) is 0 Å². The molecule has 0 radical (unpaired) electrons. The molecule has 0 saturated heterocycles. The largest absolute Gasteiger partial charge is 0.356 e. The van der Waals surface area contributed by atoms with Crippen LogP contribution in [0.3, 0.4) is 0 Å². The number of hydrogen-bond acceptors (Lipinski definition) is 2. The zero-order valence-corrected chi connectivity index (χ0v) is 10.0. The summed E-state index contributed by atoms with van der Waals surface area (Å²) in [5.41, 5.74) is 5.34. The van der Waals surface area contributed by atoms with Gasteiger partial charge in [-0.2, -0.15) is 0 Å². The van der Waals surface area contributed by atoms with Crippen LogP contribution in [0, 0.1) is 6.92 Å². The van der Waals surface area contributed by atoms with Crippen LogP contribution in [0.15, 0.2) is 12.4 Å². The lowest BCUT2D eigenvalue weighted by atomic mass is 9.97. The van der Waals surface area contributed by atoms with E-state index in [1.54, 1.807) is 0 Å². The van der Waals surface area contributed by atoms with Crippen molar-refractivity contribution in [2.24, 2.45) is 0 Å². The van der Waals surface area contributed by atoms with Crippen LogP contribution in [0.25, 0.3) is 10.9 Å². The van der Waals surface area contributed by atoms with Crippen LogP contribution in [0.2, 0.25) is 0 Å². The number of pyridine rings is 1. The molecule has 0 bridgehead atoms. The maximum Gasteiger partial charge on any atom is 0.0648 e. The highest BCUT2D eigenvalue weighted by Crippen LogP contribution is 2.30. The molecule has 0 amide bonds. The first-order valence-corrected chi connectivity index (χ1v) is 5.81. The molecule has 0 spiro atoms. The minimum absolute atomic E-state index is 0.624. The molecule has 1 N–H and O–H groups in total. The Morgan fingerprint density at radius 2 is 2.25 bits per heavy atom. The fourth-order valence-electron chi connectivity index (χ4n) is 2.67. The van der Waals surface area contributed by atoms with E-state index in [0.717, 1.165) is 13.0 Å². The van der Waals surface area contributed by atoms with Gasteiger partial charge in [-0.1, -0.05) is 0 Å². The van der Waals surface area contributed by atoms with Crippen molar-refractivity contribution in [1.29, 1.82) is 0 Å². The van der Waals surface area contributed by atoms with Crippen LogP contribution in [0.1, 0.15) is 23.7 Å². The number of nitrogens with one attached hydrogen (secondary N) is 1. The zero-order chi connectivity index (χ0) is 11.3. The molecule has 3 heterocycles. The molecule has 3 heteroatoms. The average Bonchev–Trinajstić information content (AvgIpc) is 2.58. The Labute approximate surface area is 95.5 Å². The fraction of sp³-hybridized carbons (Fsp3) is 0.462. The van der Waals surface area contributed by atoms with Crippen LogP contribution >= 0.6 is 0 Å². The van der Waals surface area contributed by atoms with Crippen LogP contribution in [-0.2, 0) is 13.0 Å². The first-order valence-electron chi connectivity index (χ1n) is 5.81. The fourth-order valence-corrected chi connectivity index (χ4v) is 2.67. The van der Waals surface area contributed by atoms with Gasteiger partial charge in [0.15, 0.2) is 0 Å². The van der Waals surface area contributed by atoms with Crippen molar-refractivity contribution >= 4 is 10.9 Å². The Morgan fingerprint density at radius 3 is 3.06 bits per heavy atom. The first-order chi connectivity index (χ1) is 7.66. The maximum absolute atomic E-state index is 4.25. The lowest BCUT2D eigenvalue weighted by Gasteiger charge is -2.29. The minimum atomic E-state index is 0.624. The SMILES string of the molecule is Cc1cncc2[nH]c3c(c12)C[C@@H](C)N(C)C3. The molecule has 1 aliphatic rings. The highest BCUT2D eigenvalue weighted by Gasteiger charge is 2.23. The predicted octanol–water partition coefficient (Wildman–Crippen LogP) is 2.25. The Morgan fingerprint density at radius 1 is 1.44 bits per heavy atom. The van der Waals surface area contributed by atoms with Crippen molar-refractivity contribution < 1.29 is 0 Å². The van der Waals surface area contributed by atoms with Crippen molar-refractivity contribution in [3.05, 3.63) is 29.2 Å². The average molecular weight is 215 g/mol. The summed E-state index contributed by atoms with van der Waals surface area (Å²) < 4.78 is 0. The Bertz CT molecular complexity index is 541. The lowest BCUT2D eigenvalue weighted by molar-refractivity contribution is 0.229. The molecule has 2 aromatic rings. The van der Waals surface area contributed by atoms with Crippen LogP contribution in [-0.4, -0.2) is 28.0 Å². The van der Waals surface area contributed by atoms with Gasteiger partial charge in [-0.15, -0.1) is 0 Å². The number of nitrogens with zero attached hydrogens (tertiary/aromatic N) is 2. The highest BCUT2D eigenvalue weighted by molar-refractivity contribution is 5.87. The monoisotopic (exact) mass is 215 g/mol. The zero-order valence-electron chi connectivity index (χ0n) is 10.0. The molecule has 0 fully saturated rings. The summed E-state index contributed by atoms with van der Waals surface area (Å²) in [6.45, 7) is 5.45. The summed E-state index contributed by atoms with van der Waals surface area (Å²) >= 11 is 0. The van der Waals surface area contributed by atoms with E-state index in [1.807, 2.05) is 12.4 Å². The van der Waals surface area contributed by atoms with E-state index >= 15 is 0 Å². The molecule has 0 unspecified atom stereocenters. The number of likely N-dealkylation sites (N-methyl/N-ethyl adjacent to an activating group) is 1. The second kappa shape index (κ2) is 3.32. The van der Waals surface area contributed by atoms with Gasteiger partial charge >= 0.3 is 0 Å². The van der Waals surface area contributed by atoms with Crippen molar-refractivity contribution in [2.75, 3.05) is 7.05 Å². The summed E-state index contributed by atoms with van der Waals surface area (Å²) in [6.07, 6.45) is 5.03. The van der Waals surface area contributed by atoms with Crippen molar-refractivity contribution in [1.82, 2.24) is 14.9 Å². The number of aryl methyl sites for hydroxylation is 1. The Kier molecular flexibility index (Phi) is 2.04. The van der Waals surface area contributed by atoms with Gasteiger partial charge in [-0.05, 0) is 38.4 Å². The molecule has 1 atom stereocenters. The third-order valence-electron chi connectivity index (χ3n) is 3.75. The van der Waals surface area contributed by atoms with Gasteiger partial charge in [0, 0.05) is 29.9 Å². The van der Waals surface area contributed by atoms with Crippen molar-refractivity contribution in [2.45, 2.75) is 32.9 Å². The van der Waals surface area contributed by atoms with Gasteiger partial charge in [0.25, 0.3) is 0 Å². The van der Waals surface area contributed by atoms with E-state index < -0.39 is 0 Å². The predicted molar refractivity (Wildman–Crippen MR) is 65.5 cm³/mol. The molecular weight excluding hydrogens is 198 g/mol. The van der Waals surface area contributed by atoms with Gasteiger partial charge < -0.3 is 4.98 Å².